The Morgan fingerprint density at radius 3 is 2.74 bits per heavy atom. The third-order valence-corrected chi connectivity index (χ3v) is 5.02. The molecule has 1 saturated carbocycles. The van der Waals surface area contributed by atoms with Crippen LogP contribution in [0.1, 0.15) is 47.6 Å². The predicted octanol–water partition coefficient (Wildman–Crippen LogP) is 1.84. The molecule has 1 aromatic heterocycles. The van der Waals surface area contributed by atoms with E-state index in [1.807, 2.05) is 0 Å². The first-order valence-corrected chi connectivity index (χ1v) is 8.72. The zero-order chi connectivity index (χ0) is 19.7. The number of aromatic nitrogens is 2. The fourth-order valence-electron chi connectivity index (χ4n) is 3.42. The molecule has 0 aliphatic heterocycles. The van der Waals surface area contributed by atoms with Crippen molar-refractivity contribution in [3.8, 4) is 11.8 Å². The van der Waals surface area contributed by atoms with Crippen molar-refractivity contribution >= 4 is 23.5 Å². The molecule has 0 unspecified atom stereocenters. The fourth-order valence-corrected chi connectivity index (χ4v) is 3.61. The second-order valence-corrected chi connectivity index (χ2v) is 7.16. The number of aromatic carboxylic acids is 1. The molecule has 0 bridgehead atoms. The van der Waals surface area contributed by atoms with Crippen LogP contribution in [0.5, 0.6) is 0 Å². The van der Waals surface area contributed by atoms with Gasteiger partial charge in [0.05, 0.1) is 6.20 Å². The smallest absolute Gasteiger partial charge is 0.353 e. The fraction of sp³-hybridized carbons (Fsp3) is 0.316. The number of carbonyl (C=O) groups is 2. The van der Waals surface area contributed by atoms with E-state index >= 15 is 0 Å². The molecule has 2 aromatic rings. The second kappa shape index (κ2) is 7.06. The van der Waals surface area contributed by atoms with Gasteiger partial charge in [0, 0.05) is 17.0 Å². The lowest BCUT2D eigenvalue weighted by atomic mass is 9.66. The van der Waals surface area contributed by atoms with Crippen LogP contribution in [0.4, 0.5) is 0 Å². The highest BCUT2D eigenvalue weighted by Crippen LogP contribution is 2.42. The molecule has 1 heterocycles. The number of H-pyrrole nitrogens is 1. The summed E-state index contributed by atoms with van der Waals surface area (Å²) in [4.78, 5) is 30.1. The van der Waals surface area contributed by atoms with Crippen LogP contribution in [0.3, 0.4) is 0 Å². The summed E-state index contributed by atoms with van der Waals surface area (Å²) in [5.41, 5.74) is 3.35. The predicted molar refractivity (Wildman–Crippen MR) is 98.2 cm³/mol. The van der Waals surface area contributed by atoms with E-state index in [0.29, 0.717) is 29.8 Å². The summed E-state index contributed by atoms with van der Waals surface area (Å²) in [6.45, 7) is 0. The van der Waals surface area contributed by atoms with Crippen molar-refractivity contribution in [2.75, 3.05) is 0 Å². The molecule has 1 fully saturated rings. The monoisotopic (exact) mass is 387 g/mol. The number of rotatable bonds is 3. The van der Waals surface area contributed by atoms with Gasteiger partial charge in [-0.15, -0.1) is 0 Å². The molecule has 2 atom stereocenters. The van der Waals surface area contributed by atoms with Gasteiger partial charge in [-0.05, 0) is 37.5 Å². The van der Waals surface area contributed by atoms with E-state index in [9.17, 15) is 14.7 Å². The Morgan fingerprint density at radius 1 is 1.33 bits per heavy atom. The number of benzene rings is 1. The first-order valence-electron chi connectivity index (χ1n) is 8.34. The third-order valence-electron chi connectivity index (χ3n) is 4.78. The standard InChI is InChI=1S/C19H18ClN3O4/c20-13-4-1-3-12(9-13)5-8-18(27)6-2-7-19(11-18,16(21)26)17-22-10-14(23-17)15(24)25/h1,3-4,9-10,27H,2,6-7,11H2,(H2,21,26)(H,22,23)(H,24,25)/t18-,19-/m0/s1. The normalized spacial score (nSPS) is 24.7. The Balaban J connectivity index is 1.96. The van der Waals surface area contributed by atoms with Crippen LogP contribution in [-0.2, 0) is 10.2 Å². The summed E-state index contributed by atoms with van der Waals surface area (Å²) >= 11 is 5.94. The van der Waals surface area contributed by atoms with Crippen LogP contribution in [0.15, 0.2) is 30.5 Å². The largest absolute Gasteiger partial charge is 0.477 e. The molecule has 3 rings (SSSR count). The molecule has 1 aliphatic rings. The Hall–Kier alpha value is -2.82. The average molecular weight is 388 g/mol. The summed E-state index contributed by atoms with van der Waals surface area (Å²) in [5.74, 6) is 3.97. The lowest BCUT2D eigenvalue weighted by molar-refractivity contribution is -0.128. The van der Waals surface area contributed by atoms with Gasteiger partial charge < -0.3 is 20.9 Å². The van der Waals surface area contributed by atoms with Crippen molar-refractivity contribution < 1.29 is 19.8 Å². The van der Waals surface area contributed by atoms with Gasteiger partial charge in [0.1, 0.15) is 22.5 Å². The number of nitrogens with two attached hydrogens (primary N) is 1. The molecule has 1 aromatic carbocycles. The highest BCUT2D eigenvalue weighted by molar-refractivity contribution is 6.30. The molecule has 0 saturated heterocycles. The molecule has 27 heavy (non-hydrogen) atoms. The van der Waals surface area contributed by atoms with Crippen LogP contribution >= 0.6 is 11.6 Å². The Kier molecular flexibility index (Phi) is 4.96. The van der Waals surface area contributed by atoms with Crippen LogP contribution in [0.25, 0.3) is 0 Å². The number of carboxylic acid groups (broad SMARTS) is 1. The molecule has 1 amide bonds. The number of carboxylic acids is 1. The van der Waals surface area contributed by atoms with Crippen LogP contribution in [0, 0.1) is 11.8 Å². The molecular weight excluding hydrogens is 370 g/mol. The zero-order valence-corrected chi connectivity index (χ0v) is 15.1. The molecule has 140 valence electrons. The number of carbonyl (C=O) groups excluding carboxylic acids is 1. The number of aliphatic hydroxyl groups is 1. The Labute approximate surface area is 160 Å². The molecule has 1 aliphatic carbocycles. The first-order chi connectivity index (χ1) is 12.7. The van der Waals surface area contributed by atoms with Crippen molar-refractivity contribution in [1.82, 2.24) is 9.97 Å². The highest BCUT2D eigenvalue weighted by Gasteiger charge is 2.50. The number of nitrogens with one attached hydrogen (secondary N) is 1. The molecule has 7 nitrogen and oxygen atoms in total. The molecule has 0 radical (unpaired) electrons. The summed E-state index contributed by atoms with van der Waals surface area (Å²) in [6.07, 6.45) is 2.24. The number of nitrogens with zero attached hydrogens (tertiary/aromatic N) is 1. The summed E-state index contributed by atoms with van der Waals surface area (Å²) in [5, 5.41) is 20.6. The van der Waals surface area contributed by atoms with Crippen molar-refractivity contribution in [1.29, 1.82) is 0 Å². The van der Waals surface area contributed by atoms with Crippen LogP contribution in [0.2, 0.25) is 5.02 Å². The lowest BCUT2D eigenvalue weighted by Crippen LogP contribution is -2.51. The molecule has 5 N–H and O–H groups in total. The molecule has 0 spiro atoms. The van der Waals surface area contributed by atoms with Gasteiger partial charge >= 0.3 is 5.97 Å². The van der Waals surface area contributed by atoms with Crippen LogP contribution in [-0.4, -0.2) is 37.7 Å². The van der Waals surface area contributed by atoms with Gasteiger partial charge in [0.2, 0.25) is 5.91 Å². The van der Waals surface area contributed by atoms with Gasteiger partial charge in [-0.2, -0.15) is 0 Å². The Bertz CT molecular complexity index is 961. The second-order valence-electron chi connectivity index (χ2n) is 6.72. The summed E-state index contributed by atoms with van der Waals surface area (Å²) < 4.78 is 0. The first kappa shape index (κ1) is 19.0. The van der Waals surface area contributed by atoms with Crippen molar-refractivity contribution in [3.63, 3.8) is 0 Å². The van der Waals surface area contributed by atoms with E-state index in [4.69, 9.17) is 22.4 Å². The maximum Gasteiger partial charge on any atom is 0.353 e. The van der Waals surface area contributed by atoms with Crippen molar-refractivity contribution in [3.05, 3.63) is 52.6 Å². The van der Waals surface area contributed by atoms with E-state index in [1.54, 1.807) is 24.3 Å². The van der Waals surface area contributed by atoms with Gasteiger partial charge in [-0.25, -0.2) is 9.78 Å². The number of amides is 1. The van der Waals surface area contributed by atoms with E-state index in [-0.39, 0.29) is 17.9 Å². The number of hydrogen-bond donors (Lipinski definition) is 4. The zero-order valence-electron chi connectivity index (χ0n) is 14.3. The van der Waals surface area contributed by atoms with E-state index in [2.05, 4.69) is 21.8 Å². The molecular formula is C19H18ClN3O4. The number of aromatic amines is 1. The summed E-state index contributed by atoms with van der Waals surface area (Å²) in [6, 6.07) is 6.91. The Morgan fingerprint density at radius 2 is 2.11 bits per heavy atom. The van der Waals surface area contributed by atoms with Crippen molar-refractivity contribution in [2.24, 2.45) is 5.73 Å². The maximum absolute atomic E-state index is 12.3. The summed E-state index contributed by atoms with van der Waals surface area (Å²) in [7, 11) is 0. The van der Waals surface area contributed by atoms with E-state index < -0.39 is 22.9 Å². The minimum absolute atomic E-state index is 0.0739. The lowest BCUT2D eigenvalue weighted by Gasteiger charge is -2.39. The molecule has 8 heteroatoms. The van der Waals surface area contributed by atoms with Crippen LogP contribution < -0.4 is 5.73 Å². The average Bonchev–Trinajstić information content (AvgIpc) is 3.11. The minimum Gasteiger partial charge on any atom is -0.477 e. The van der Waals surface area contributed by atoms with Gasteiger partial charge in [0.25, 0.3) is 0 Å². The third kappa shape index (κ3) is 3.82. The van der Waals surface area contributed by atoms with Gasteiger partial charge in [0.15, 0.2) is 0 Å². The number of hydrogen-bond acceptors (Lipinski definition) is 4. The number of primary amides is 1. The van der Waals surface area contributed by atoms with E-state index in [1.165, 1.54) is 0 Å². The quantitative estimate of drug-likeness (QED) is 0.597. The van der Waals surface area contributed by atoms with E-state index in [0.717, 1.165) is 6.20 Å². The maximum atomic E-state index is 12.3. The van der Waals surface area contributed by atoms with Gasteiger partial charge in [-0.1, -0.05) is 29.5 Å². The van der Waals surface area contributed by atoms with Gasteiger partial charge in [-0.3, -0.25) is 4.79 Å². The number of imidazole rings is 1. The number of halogens is 1. The highest BCUT2D eigenvalue weighted by atomic mass is 35.5. The SMILES string of the molecule is NC(=O)[C@]1(c2ncc(C(=O)O)[nH]2)CCC[C@](O)(C#Cc2cccc(Cl)c2)C1. The minimum atomic E-state index is -1.47. The topological polar surface area (TPSA) is 129 Å². The van der Waals surface area contributed by atoms with Crippen molar-refractivity contribution in [2.45, 2.75) is 36.7 Å².